The Bertz CT molecular complexity index is 482. The van der Waals surface area contributed by atoms with Crippen molar-refractivity contribution in [1.29, 1.82) is 0 Å². The van der Waals surface area contributed by atoms with E-state index in [9.17, 15) is 4.79 Å². The second-order valence-corrected chi connectivity index (χ2v) is 6.40. The largest absolute Gasteiger partial charge is 0.456 e. The van der Waals surface area contributed by atoms with Crippen molar-refractivity contribution in [3.05, 3.63) is 34.9 Å². The van der Waals surface area contributed by atoms with Crippen LogP contribution < -0.4 is 0 Å². The normalized spacial score (nSPS) is 17.1. The van der Waals surface area contributed by atoms with Crippen LogP contribution in [0, 0.1) is 13.8 Å². The molecule has 0 radical (unpaired) electrons. The average molecular weight is 261 g/mol. The molecule has 0 spiro atoms. The first-order chi connectivity index (χ1) is 8.77. The van der Waals surface area contributed by atoms with Crippen LogP contribution in [-0.4, -0.2) is 35.6 Å². The number of rotatable bonds is 2. The van der Waals surface area contributed by atoms with Crippen molar-refractivity contribution in [2.45, 2.75) is 46.3 Å². The molecular formula is C16H23NO2. The number of aryl methyl sites for hydroxylation is 2. The molecule has 0 aromatic heterocycles. The summed E-state index contributed by atoms with van der Waals surface area (Å²) in [5.41, 5.74) is 3.12. The summed E-state index contributed by atoms with van der Waals surface area (Å²) >= 11 is 0. The van der Waals surface area contributed by atoms with Gasteiger partial charge in [-0.2, -0.15) is 0 Å². The van der Waals surface area contributed by atoms with Crippen LogP contribution in [0.5, 0.6) is 0 Å². The number of hydrogen-bond donors (Lipinski definition) is 0. The fourth-order valence-corrected chi connectivity index (χ4v) is 2.15. The molecule has 0 saturated carbocycles. The first-order valence-corrected chi connectivity index (χ1v) is 6.80. The number of carbonyl (C=O) groups is 1. The Morgan fingerprint density at radius 3 is 2.37 bits per heavy atom. The van der Waals surface area contributed by atoms with E-state index < -0.39 is 0 Å². The molecule has 0 N–H and O–H groups in total. The third-order valence-electron chi connectivity index (χ3n) is 3.81. The van der Waals surface area contributed by atoms with Crippen LogP contribution >= 0.6 is 0 Å². The Kier molecular flexibility index (Phi) is 3.68. The van der Waals surface area contributed by atoms with E-state index in [1.54, 1.807) is 0 Å². The number of esters is 1. The van der Waals surface area contributed by atoms with Gasteiger partial charge in [-0.05, 0) is 57.9 Å². The van der Waals surface area contributed by atoms with Gasteiger partial charge < -0.3 is 4.74 Å². The van der Waals surface area contributed by atoms with E-state index >= 15 is 0 Å². The monoisotopic (exact) mass is 261 g/mol. The van der Waals surface area contributed by atoms with Gasteiger partial charge in [-0.3, -0.25) is 4.90 Å². The zero-order valence-electron chi connectivity index (χ0n) is 12.5. The minimum atomic E-state index is -0.207. The maximum Gasteiger partial charge on any atom is 0.338 e. The molecular weight excluding hydrogens is 238 g/mol. The number of carbonyl (C=O) groups excluding carboxylic acids is 1. The quantitative estimate of drug-likeness (QED) is 0.767. The maximum atomic E-state index is 12.0. The second kappa shape index (κ2) is 4.97. The molecule has 1 aromatic rings. The molecule has 1 heterocycles. The van der Waals surface area contributed by atoms with Gasteiger partial charge in [0.25, 0.3) is 0 Å². The van der Waals surface area contributed by atoms with E-state index in [-0.39, 0.29) is 17.6 Å². The number of likely N-dealkylation sites (tertiary alicyclic amines) is 1. The van der Waals surface area contributed by atoms with Crippen molar-refractivity contribution >= 4 is 5.97 Å². The lowest BCUT2D eigenvalue weighted by Crippen LogP contribution is -2.60. The average Bonchev–Trinajstić information content (AvgIpc) is 2.24. The van der Waals surface area contributed by atoms with Gasteiger partial charge in [0.15, 0.2) is 0 Å². The van der Waals surface area contributed by atoms with Crippen LogP contribution in [0.1, 0.15) is 42.3 Å². The smallest absolute Gasteiger partial charge is 0.338 e. The first kappa shape index (κ1) is 14.1. The summed E-state index contributed by atoms with van der Waals surface area (Å²) in [6.45, 7) is 12.2. The van der Waals surface area contributed by atoms with Crippen LogP contribution in [0.2, 0.25) is 0 Å². The lowest BCUT2D eigenvalue weighted by Gasteiger charge is -2.46. The van der Waals surface area contributed by atoms with E-state index in [0.717, 1.165) is 18.7 Å². The van der Waals surface area contributed by atoms with E-state index in [1.807, 2.05) is 32.0 Å². The van der Waals surface area contributed by atoms with Gasteiger partial charge in [-0.15, -0.1) is 0 Å². The second-order valence-electron chi connectivity index (χ2n) is 6.40. The highest BCUT2D eigenvalue weighted by atomic mass is 16.5. The molecule has 2 rings (SSSR count). The minimum absolute atomic E-state index is 0.0355. The summed E-state index contributed by atoms with van der Waals surface area (Å²) in [6.07, 6.45) is 0.0355. The standard InChI is InChI=1S/C16H23NO2/c1-11-6-7-13(8-12(11)2)15(18)19-14-9-17(10-14)16(3,4)5/h6-8,14H,9-10H2,1-5H3. The molecule has 0 atom stereocenters. The van der Waals surface area contributed by atoms with Gasteiger partial charge in [0.05, 0.1) is 5.56 Å². The number of hydrogen-bond acceptors (Lipinski definition) is 3. The Morgan fingerprint density at radius 1 is 1.21 bits per heavy atom. The predicted molar refractivity (Wildman–Crippen MR) is 76.4 cm³/mol. The summed E-state index contributed by atoms with van der Waals surface area (Å²) in [7, 11) is 0. The van der Waals surface area contributed by atoms with Crippen LogP contribution in [0.15, 0.2) is 18.2 Å². The van der Waals surface area contributed by atoms with Gasteiger partial charge in [-0.25, -0.2) is 4.79 Å². The van der Waals surface area contributed by atoms with Gasteiger partial charge in [0.1, 0.15) is 6.10 Å². The third-order valence-corrected chi connectivity index (χ3v) is 3.81. The molecule has 1 aromatic carbocycles. The molecule has 1 saturated heterocycles. The highest BCUT2D eigenvalue weighted by Crippen LogP contribution is 2.23. The van der Waals surface area contributed by atoms with Gasteiger partial charge in [0, 0.05) is 18.6 Å². The van der Waals surface area contributed by atoms with Crippen LogP contribution in [-0.2, 0) is 4.74 Å². The molecule has 19 heavy (non-hydrogen) atoms. The van der Waals surface area contributed by atoms with Crippen molar-refractivity contribution in [3.8, 4) is 0 Å². The summed E-state index contributed by atoms with van der Waals surface area (Å²) in [6, 6.07) is 5.71. The lowest BCUT2D eigenvalue weighted by atomic mass is 9.99. The highest BCUT2D eigenvalue weighted by molar-refractivity contribution is 5.89. The molecule has 1 fully saturated rings. The van der Waals surface area contributed by atoms with E-state index in [2.05, 4.69) is 25.7 Å². The van der Waals surface area contributed by atoms with Crippen LogP contribution in [0.4, 0.5) is 0 Å². The molecule has 3 heteroatoms. The van der Waals surface area contributed by atoms with Gasteiger partial charge in [-0.1, -0.05) is 6.07 Å². The van der Waals surface area contributed by atoms with Crippen molar-refractivity contribution in [2.75, 3.05) is 13.1 Å². The Hall–Kier alpha value is -1.35. The van der Waals surface area contributed by atoms with Crippen molar-refractivity contribution in [3.63, 3.8) is 0 Å². The molecule has 1 aliphatic heterocycles. The zero-order chi connectivity index (χ0) is 14.2. The fraction of sp³-hybridized carbons (Fsp3) is 0.562. The maximum absolute atomic E-state index is 12.0. The van der Waals surface area contributed by atoms with E-state index in [0.29, 0.717) is 5.56 Å². The van der Waals surface area contributed by atoms with Gasteiger partial charge >= 0.3 is 5.97 Å². The van der Waals surface area contributed by atoms with E-state index in [1.165, 1.54) is 5.56 Å². The fourth-order valence-electron chi connectivity index (χ4n) is 2.15. The summed E-state index contributed by atoms with van der Waals surface area (Å²) in [5.74, 6) is -0.207. The van der Waals surface area contributed by atoms with Gasteiger partial charge in [0.2, 0.25) is 0 Å². The van der Waals surface area contributed by atoms with E-state index in [4.69, 9.17) is 4.74 Å². The molecule has 0 aliphatic carbocycles. The molecule has 0 amide bonds. The molecule has 3 nitrogen and oxygen atoms in total. The SMILES string of the molecule is Cc1ccc(C(=O)OC2CN(C(C)(C)C)C2)cc1C. The Balaban J connectivity index is 1.91. The molecule has 104 valence electrons. The Labute approximate surface area is 115 Å². The highest BCUT2D eigenvalue weighted by Gasteiger charge is 2.36. The minimum Gasteiger partial charge on any atom is -0.456 e. The van der Waals surface area contributed by atoms with Crippen molar-refractivity contribution < 1.29 is 9.53 Å². The number of nitrogens with zero attached hydrogens (tertiary/aromatic N) is 1. The molecule has 0 bridgehead atoms. The number of benzene rings is 1. The first-order valence-electron chi connectivity index (χ1n) is 6.80. The predicted octanol–water partition coefficient (Wildman–Crippen LogP) is 2.94. The summed E-state index contributed by atoms with van der Waals surface area (Å²) < 4.78 is 5.51. The topological polar surface area (TPSA) is 29.5 Å². The zero-order valence-corrected chi connectivity index (χ0v) is 12.5. The summed E-state index contributed by atoms with van der Waals surface area (Å²) in [5, 5.41) is 0. The molecule has 1 aliphatic rings. The lowest BCUT2D eigenvalue weighted by molar-refractivity contribution is -0.0645. The third kappa shape index (κ3) is 3.16. The van der Waals surface area contributed by atoms with Crippen molar-refractivity contribution in [1.82, 2.24) is 4.90 Å². The summed E-state index contributed by atoms with van der Waals surface area (Å²) in [4.78, 5) is 14.3. The van der Waals surface area contributed by atoms with Crippen LogP contribution in [0.3, 0.4) is 0 Å². The Morgan fingerprint density at radius 2 is 1.84 bits per heavy atom. The molecule has 0 unspecified atom stereocenters. The number of ether oxygens (including phenoxy) is 1. The van der Waals surface area contributed by atoms with Crippen LogP contribution in [0.25, 0.3) is 0 Å². The van der Waals surface area contributed by atoms with Crippen molar-refractivity contribution in [2.24, 2.45) is 0 Å².